The third-order valence-electron chi connectivity index (χ3n) is 6.77. The lowest BCUT2D eigenvalue weighted by Gasteiger charge is -2.38. The molecule has 36 heavy (non-hydrogen) atoms. The van der Waals surface area contributed by atoms with E-state index in [1.54, 1.807) is 43.5 Å². The number of methoxy groups -OCH3 is 1. The highest BCUT2D eigenvalue weighted by atomic mass is 28.3. The molecule has 4 nitrogen and oxygen atoms in total. The molecule has 0 aliphatic rings. The summed E-state index contributed by atoms with van der Waals surface area (Å²) >= 11 is 0. The number of allylic oxidation sites excluding steroid dienone is 2. The molecule has 0 bridgehead atoms. The van der Waals surface area contributed by atoms with Crippen LogP contribution in [0.4, 0.5) is 0 Å². The minimum atomic E-state index is -2.16. The quantitative estimate of drug-likeness (QED) is 0.212. The maximum atomic E-state index is 11.9. The van der Waals surface area contributed by atoms with Gasteiger partial charge in [-0.1, -0.05) is 77.6 Å². The van der Waals surface area contributed by atoms with Crippen LogP contribution in [0.25, 0.3) is 5.57 Å². The molecule has 2 aromatic rings. The van der Waals surface area contributed by atoms with Crippen LogP contribution >= 0.6 is 0 Å². The molecular formula is C31H35NO3Si. The van der Waals surface area contributed by atoms with E-state index in [9.17, 15) is 15.2 Å². The predicted molar refractivity (Wildman–Crippen MR) is 149 cm³/mol. The second-order valence-corrected chi connectivity index (χ2v) is 15.3. The van der Waals surface area contributed by atoms with Crippen molar-refractivity contribution in [1.82, 2.24) is 0 Å². The fourth-order valence-electron chi connectivity index (χ4n) is 4.80. The SMILES string of the molecule is COc1ccc(/C(C#CC(O)(C#C[Si](C(C)C)(C(C)C)C(C)C)c2ccc(C#N)cc2)=C/C=O)cc1. The molecule has 186 valence electrons. The first-order valence-corrected chi connectivity index (χ1v) is 14.4. The van der Waals surface area contributed by atoms with Gasteiger partial charge in [0.05, 0.1) is 18.7 Å². The van der Waals surface area contributed by atoms with Crippen LogP contribution in [0.2, 0.25) is 16.6 Å². The smallest absolute Gasteiger partial charge is 0.213 e. The maximum absolute atomic E-state index is 11.9. The van der Waals surface area contributed by atoms with Gasteiger partial charge in [0.2, 0.25) is 5.60 Å². The minimum absolute atomic E-state index is 0.382. The molecule has 1 N–H and O–H groups in total. The molecule has 0 fully saturated rings. The number of rotatable bonds is 7. The Bertz CT molecular complexity index is 1220. The van der Waals surface area contributed by atoms with E-state index in [4.69, 9.17) is 4.74 Å². The van der Waals surface area contributed by atoms with Gasteiger partial charge in [0, 0.05) is 11.1 Å². The Kier molecular flexibility index (Phi) is 9.89. The van der Waals surface area contributed by atoms with Crippen LogP contribution in [0.1, 0.15) is 58.2 Å². The molecule has 2 rings (SSSR count). The highest BCUT2D eigenvalue weighted by Gasteiger charge is 2.42. The van der Waals surface area contributed by atoms with Crippen LogP contribution in [-0.2, 0) is 10.4 Å². The van der Waals surface area contributed by atoms with E-state index in [1.165, 1.54) is 6.08 Å². The van der Waals surface area contributed by atoms with Crippen LogP contribution in [-0.4, -0.2) is 26.6 Å². The zero-order valence-corrected chi connectivity index (χ0v) is 23.2. The van der Waals surface area contributed by atoms with Crippen molar-refractivity contribution in [3.8, 4) is 35.1 Å². The summed E-state index contributed by atoms with van der Waals surface area (Å²) in [5, 5.41) is 21.1. The Balaban J connectivity index is 2.74. The zero-order valence-electron chi connectivity index (χ0n) is 22.2. The van der Waals surface area contributed by atoms with Gasteiger partial charge in [-0.3, -0.25) is 4.79 Å². The predicted octanol–water partition coefficient (Wildman–Crippen LogP) is 6.26. The lowest BCUT2D eigenvalue weighted by molar-refractivity contribution is -0.104. The molecule has 2 aromatic carbocycles. The van der Waals surface area contributed by atoms with Gasteiger partial charge >= 0.3 is 0 Å². The number of nitriles is 1. The van der Waals surface area contributed by atoms with Crippen molar-refractivity contribution in [3.05, 3.63) is 71.3 Å². The number of ether oxygens (including phenoxy) is 1. The number of carbonyl (C=O) groups excluding carboxylic acids is 1. The fraction of sp³-hybridized carbons (Fsp3) is 0.355. The van der Waals surface area contributed by atoms with Crippen LogP contribution in [0, 0.1) is 34.6 Å². The first-order valence-electron chi connectivity index (χ1n) is 12.1. The molecule has 1 atom stereocenters. The molecule has 0 saturated carbocycles. The average molecular weight is 498 g/mol. The fourth-order valence-corrected chi connectivity index (χ4v) is 10.1. The molecule has 0 spiro atoms. The van der Waals surface area contributed by atoms with Gasteiger partial charge < -0.3 is 9.84 Å². The summed E-state index contributed by atoms with van der Waals surface area (Å²) in [7, 11) is -0.574. The molecule has 0 aromatic heterocycles. The summed E-state index contributed by atoms with van der Waals surface area (Å²) in [5.41, 5.74) is 5.10. The van der Waals surface area contributed by atoms with Crippen LogP contribution in [0.15, 0.2) is 54.6 Å². The first kappa shape index (κ1) is 28.7. The summed E-state index contributed by atoms with van der Waals surface area (Å²) in [5.74, 6) is 9.83. The van der Waals surface area contributed by atoms with Gasteiger partial charge in [-0.15, -0.1) is 5.54 Å². The van der Waals surface area contributed by atoms with Gasteiger partial charge in [0.1, 0.15) is 20.1 Å². The number of hydrogen-bond acceptors (Lipinski definition) is 4. The Morgan fingerprint density at radius 3 is 1.94 bits per heavy atom. The van der Waals surface area contributed by atoms with E-state index in [-0.39, 0.29) is 0 Å². The van der Waals surface area contributed by atoms with Crippen LogP contribution in [0.3, 0.4) is 0 Å². The Morgan fingerprint density at radius 1 is 0.944 bits per heavy atom. The zero-order chi connectivity index (χ0) is 26.9. The standard InChI is InChI=1S/C31H35NO3Si/c1-23(2)36(24(3)4,25(5)6)21-19-31(34,29-12-8-26(22-32)9-13-29)18-16-28(17-20-33)27-10-14-30(35-7)15-11-27/h8-15,17,20,23-25,34H,1-7H3/b28-17+. The Morgan fingerprint density at radius 2 is 1.50 bits per heavy atom. The highest BCUT2D eigenvalue weighted by Crippen LogP contribution is 2.41. The number of benzene rings is 2. The molecular weight excluding hydrogens is 462 g/mol. The van der Waals surface area contributed by atoms with Crippen LogP contribution in [0.5, 0.6) is 5.75 Å². The Hall–Kier alpha value is -3.56. The molecule has 0 saturated heterocycles. The van der Waals surface area contributed by atoms with Gasteiger partial charge in [-0.25, -0.2) is 0 Å². The number of carbonyl (C=O) groups is 1. The third kappa shape index (κ3) is 6.35. The van der Waals surface area contributed by atoms with Crippen molar-refractivity contribution in [2.24, 2.45) is 0 Å². The largest absolute Gasteiger partial charge is 0.497 e. The molecule has 1 unspecified atom stereocenters. The molecule has 0 heterocycles. The third-order valence-corrected chi connectivity index (χ3v) is 13.1. The topological polar surface area (TPSA) is 70.3 Å². The van der Waals surface area contributed by atoms with Crippen molar-refractivity contribution in [2.75, 3.05) is 7.11 Å². The summed E-state index contributed by atoms with van der Waals surface area (Å²) in [4.78, 5) is 11.4. The minimum Gasteiger partial charge on any atom is -0.497 e. The highest BCUT2D eigenvalue weighted by molar-refractivity contribution is 6.90. The summed E-state index contributed by atoms with van der Waals surface area (Å²) < 4.78 is 5.22. The van der Waals surface area contributed by atoms with Crippen molar-refractivity contribution in [2.45, 2.75) is 63.8 Å². The van der Waals surface area contributed by atoms with Gasteiger partial charge in [0.25, 0.3) is 0 Å². The lowest BCUT2D eigenvalue weighted by atomic mass is 9.93. The van der Waals surface area contributed by atoms with E-state index in [0.29, 0.717) is 45.4 Å². The van der Waals surface area contributed by atoms with E-state index in [1.807, 2.05) is 12.1 Å². The Labute approximate surface area is 217 Å². The van der Waals surface area contributed by atoms with Crippen LogP contribution < -0.4 is 4.74 Å². The van der Waals surface area contributed by atoms with Gasteiger partial charge in [0.15, 0.2) is 0 Å². The van der Waals surface area contributed by atoms with Crippen molar-refractivity contribution >= 4 is 19.9 Å². The number of aldehydes is 1. The summed E-state index contributed by atoms with van der Waals surface area (Å²) in [6, 6.07) is 16.0. The van der Waals surface area contributed by atoms with Crippen molar-refractivity contribution < 1.29 is 14.6 Å². The van der Waals surface area contributed by atoms with Gasteiger partial charge in [-0.05, 0) is 58.4 Å². The molecule has 5 heteroatoms. The normalized spacial score (nSPS) is 13.2. The molecule has 0 radical (unpaired) electrons. The first-order chi connectivity index (χ1) is 17.0. The van der Waals surface area contributed by atoms with Gasteiger partial charge in [-0.2, -0.15) is 5.26 Å². The second-order valence-electron chi connectivity index (χ2n) is 9.74. The maximum Gasteiger partial charge on any atom is 0.213 e. The molecule has 0 aliphatic heterocycles. The number of nitrogens with zero attached hydrogens (tertiary/aromatic N) is 1. The van der Waals surface area contributed by atoms with E-state index >= 15 is 0 Å². The summed E-state index contributed by atoms with van der Waals surface area (Å²) in [6.45, 7) is 13.3. The van der Waals surface area contributed by atoms with Crippen molar-refractivity contribution in [1.29, 1.82) is 5.26 Å². The lowest BCUT2D eigenvalue weighted by Crippen LogP contribution is -2.43. The van der Waals surface area contributed by atoms with Crippen molar-refractivity contribution in [3.63, 3.8) is 0 Å². The van der Waals surface area contributed by atoms with E-state index in [2.05, 4.69) is 70.9 Å². The summed E-state index contributed by atoms with van der Waals surface area (Å²) in [6.07, 6.45) is 2.05. The monoisotopic (exact) mass is 497 g/mol. The molecule has 0 amide bonds. The number of aliphatic hydroxyl groups is 1. The average Bonchev–Trinajstić information content (AvgIpc) is 2.86. The number of hydrogen-bond donors (Lipinski definition) is 1. The second kappa shape index (κ2) is 12.4. The van der Waals surface area contributed by atoms with E-state index in [0.717, 1.165) is 5.56 Å². The molecule has 0 aliphatic carbocycles. The van der Waals surface area contributed by atoms with E-state index < -0.39 is 13.7 Å².